The van der Waals surface area contributed by atoms with Crippen molar-refractivity contribution in [2.24, 2.45) is 0 Å². The zero-order valence-electron chi connectivity index (χ0n) is 12.5. The van der Waals surface area contributed by atoms with Crippen LogP contribution in [0.25, 0.3) is 0 Å². The van der Waals surface area contributed by atoms with E-state index in [9.17, 15) is 0 Å². The Morgan fingerprint density at radius 1 is 1.25 bits per heavy atom. The maximum Gasteiger partial charge on any atom is 0.135 e. The van der Waals surface area contributed by atoms with Crippen molar-refractivity contribution in [3.05, 3.63) is 23.8 Å². The van der Waals surface area contributed by atoms with Gasteiger partial charge in [0.25, 0.3) is 0 Å². The molecule has 1 rings (SSSR count). The summed E-state index contributed by atoms with van der Waals surface area (Å²) in [6.07, 6.45) is 0.790. The highest BCUT2D eigenvalue weighted by atomic mass is 35.5. The quantitative estimate of drug-likeness (QED) is 0.594. The summed E-state index contributed by atoms with van der Waals surface area (Å²) in [6.45, 7) is 4.61. The number of benzene rings is 1. The number of alkyl halides is 1. The summed E-state index contributed by atoms with van der Waals surface area (Å²) in [5, 5.41) is 0. The van der Waals surface area contributed by atoms with Crippen molar-refractivity contribution < 1.29 is 14.2 Å². The molecular weight excluding hydrogens is 276 g/mol. The van der Waals surface area contributed by atoms with Crippen LogP contribution >= 0.6 is 11.6 Å². The van der Waals surface area contributed by atoms with Gasteiger partial charge in [0.2, 0.25) is 0 Å². The van der Waals surface area contributed by atoms with E-state index in [2.05, 4.69) is 11.8 Å². The Morgan fingerprint density at radius 3 is 2.60 bits per heavy atom. The molecule has 110 valence electrons. The number of hydrogen-bond acceptors (Lipinski definition) is 3. The average Bonchev–Trinajstić information content (AvgIpc) is 2.45. The molecule has 0 aliphatic rings. The van der Waals surface area contributed by atoms with E-state index in [1.165, 1.54) is 0 Å². The fourth-order valence-electron chi connectivity index (χ4n) is 1.50. The number of hydrogen-bond donors (Lipinski definition) is 0. The maximum absolute atomic E-state index is 5.79. The third-order valence-corrected chi connectivity index (χ3v) is 3.12. The standard InChI is InChI=1S/C16H21ClO3/c1-16(2,19-4)9-11-20-15-8-7-14(18-3)12-13(15)6-5-10-17/h7-8,12H,9-11H2,1-4H3. The van der Waals surface area contributed by atoms with Crippen LogP contribution in [0, 0.1) is 11.8 Å². The molecule has 0 saturated carbocycles. The molecule has 0 amide bonds. The molecule has 0 fully saturated rings. The number of ether oxygens (including phenoxy) is 3. The predicted octanol–water partition coefficient (Wildman–Crippen LogP) is 3.48. The second-order valence-corrected chi connectivity index (χ2v) is 5.13. The largest absolute Gasteiger partial charge is 0.497 e. The van der Waals surface area contributed by atoms with Crippen LogP contribution in [0.15, 0.2) is 18.2 Å². The predicted molar refractivity (Wildman–Crippen MR) is 81.8 cm³/mol. The Hall–Kier alpha value is -1.37. The summed E-state index contributed by atoms with van der Waals surface area (Å²) >= 11 is 5.60. The Kier molecular flexibility index (Phi) is 6.70. The second kappa shape index (κ2) is 8.04. The summed E-state index contributed by atoms with van der Waals surface area (Å²) in [6, 6.07) is 5.55. The van der Waals surface area contributed by atoms with E-state index < -0.39 is 0 Å². The molecule has 0 aromatic heterocycles. The third kappa shape index (κ3) is 5.32. The van der Waals surface area contributed by atoms with E-state index in [0.29, 0.717) is 6.61 Å². The molecule has 0 heterocycles. The van der Waals surface area contributed by atoms with Gasteiger partial charge in [-0.15, -0.1) is 11.6 Å². The van der Waals surface area contributed by atoms with Gasteiger partial charge in [-0.2, -0.15) is 0 Å². The number of rotatable bonds is 6. The SMILES string of the molecule is COc1ccc(OCCC(C)(C)OC)c(C#CCCl)c1. The molecule has 0 unspecified atom stereocenters. The molecule has 0 radical (unpaired) electrons. The summed E-state index contributed by atoms with van der Waals surface area (Å²) < 4.78 is 16.3. The van der Waals surface area contributed by atoms with Crippen molar-refractivity contribution in [3.8, 4) is 23.3 Å². The Bertz CT molecular complexity index is 486. The zero-order chi connectivity index (χ0) is 15.0. The normalized spacial score (nSPS) is 10.7. The van der Waals surface area contributed by atoms with Crippen molar-refractivity contribution in [2.45, 2.75) is 25.9 Å². The van der Waals surface area contributed by atoms with E-state index in [0.717, 1.165) is 23.5 Å². The van der Waals surface area contributed by atoms with Gasteiger partial charge in [-0.25, -0.2) is 0 Å². The van der Waals surface area contributed by atoms with Crippen LogP contribution in [0.5, 0.6) is 11.5 Å². The van der Waals surface area contributed by atoms with Gasteiger partial charge in [0.05, 0.1) is 30.8 Å². The van der Waals surface area contributed by atoms with E-state index in [-0.39, 0.29) is 11.5 Å². The van der Waals surface area contributed by atoms with Crippen molar-refractivity contribution in [2.75, 3.05) is 26.7 Å². The summed E-state index contributed by atoms with van der Waals surface area (Å²) in [5.74, 6) is 7.57. The van der Waals surface area contributed by atoms with Gasteiger partial charge in [0.15, 0.2) is 0 Å². The lowest BCUT2D eigenvalue weighted by Crippen LogP contribution is -2.25. The van der Waals surface area contributed by atoms with Crippen molar-refractivity contribution >= 4 is 11.6 Å². The fourth-order valence-corrected chi connectivity index (χ4v) is 1.56. The first kappa shape index (κ1) is 16.7. The van der Waals surface area contributed by atoms with Crippen molar-refractivity contribution in [3.63, 3.8) is 0 Å². The summed E-state index contributed by atoms with van der Waals surface area (Å²) in [4.78, 5) is 0. The first-order valence-electron chi connectivity index (χ1n) is 6.43. The minimum absolute atomic E-state index is 0.200. The van der Waals surface area contributed by atoms with Crippen LogP contribution < -0.4 is 9.47 Å². The van der Waals surface area contributed by atoms with Crippen LogP contribution in [0.3, 0.4) is 0 Å². The van der Waals surface area contributed by atoms with E-state index in [1.54, 1.807) is 14.2 Å². The van der Waals surface area contributed by atoms with Crippen LogP contribution in [0.2, 0.25) is 0 Å². The highest BCUT2D eigenvalue weighted by Gasteiger charge is 2.16. The second-order valence-electron chi connectivity index (χ2n) is 4.86. The zero-order valence-corrected chi connectivity index (χ0v) is 13.2. The van der Waals surface area contributed by atoms with Crippen molar-refractivity contribution in [1.29, 1.82) is 0 Å². The Balaban J connectivity index is 2.78. The van der Waals surface area contributed by atoms with Gasteiger partial charge in [-0.05, 0) is 32.0 Å². The van der Waals surface area contributed by atoms with E-state index in [1.807, 2.05) is 32.0 Å². The van der Waals surface area contributed by atoms with Gasteiger partial charge in [-0.1, -0.05) is 11.8 Å². The summed E-state index contributed by atoms with van der Waals surface area (Å²) in [7, 11) is 3.32. The smallest absolute Gasteiger partial charge is 0.135 e. The minimum atomic E-state index is -0.200. The molecule has 1 aromatic rings. The molecule has 4 heteroatoms. The van der Waals surface area contributed by atoms with Crippen molar-refractivity contribution in [1.82, 2.24) is 0 Å². The van der Waals surface area contributed by atoms with Gasteiger partial charge in [-0.3, -0.25) is 0 Å². The van der Waals surface area contributed by atoms with Crippen LogP contribution in [-0.2, 0) is 4.74 Å². The minimum Gasteiger partial charge on any atom is -0.497 e. The molecule has 1 aromatic carbocycles. The van der Waals surface area contributed by atoms with Crippen LogP contribution in [0.4, 0.5) is 0 Å². The highest BCUT2D eigenvalue weighted by Crippen LogP contribution is 2.24. The number of halogens is 1. The lowest BCUT2D eigenvalue weighted by Gasteiger charge is -2.22. The molecule has 3 nitrogen and oxygen atoms in total. The van der Waals surface area contributed by atoms with E-state index >= 15 is 0 Å². The topological polar surface area (TPSA) is 27.7 Å². The molecule has 20 heavy (non-hydrogen) atoms. The first-order chi connectivity index (χ1) is 9.52. The van der Waals surface area contributed by atoms with Crippen LogP contribution in [-0.4, -0.2) is 32.3 Å². The molecule has 0 N–H and O–H groups in total. The third-order valence-electron chi connectivity index (χ3n) is 2.99. The lowest BCUT2D eigenvalue weighted by molar-refractivity contribution is 0.00543. The van der Waals surface area contributed by atoms with Gasteiger partial charge in [0, 0.05) is 13.5 Å². The van der Waals surface area contributed by atoms with Gasteiger partial charge >= 0.3 is 0 Å². The van der Waals surface area contributed by atoms with E-state index in [4.69, 9.17) is 25.8 Å². The first-order valence-corrected chi connectivity index (χ1v) is 6.96. The van der Waals surface area contributed by atoms with Gasteiger partial charge in [0.1, 0.15) is 11.5 Å². The fraction of sp³-hybridized carbons (Fsp3) is 0.500. The van der Waals surface area contributed by atoms with Gasteiger partial charge < -0.3 is 14.2 Å². The molecule has 0 aliphatic carbocycles. The summed E-state index contributed by atoms with van der Waals surface area (Å²) in [5.41, 5.74) is 0.578. The maximum atomic E-state index is 5.79. The van der Waals surface area contributed by atoms with Crippen LogP contribution in [0.1, 0.15) is 25.8 Å². The Labute approximate surface area is 126 Å². The number of methoxy groups -OCH3 is 2. The Morgan fingerprint density at radius 2 is 2.00 bits per heavy atom. The highest BCUT2D eigenvalue weighted by molar-refractivity contribution is 6.19. The molecular formula is C16H21ClO3. The molecule has 0 atom stereocenters. The molecule has 0 saturated heterocycles. The molecule has 0 bridgehead atoms. The average molecular weight is 297 g/mol. The lowest BCUT2D eigenvalue weighted by atomic mass is 10.1. The molecule has 0 spiro atoms. The molecule has 0 aliphatic heterocycles. The monoisotopic (exact) mass is 296 g/mol.